The van der Waals surface area contributed by atoms with Crippen molar-refractivity contribution in [2.24, 2.45) is 0 Å². The summed E-state index contributed by atoms with van der Waals surface area (Å²) >= 11 is 0. The number of nitrogens with one attached hydrogen (secondary N) is 1. The van der Waals surface area contributed by atoms with Gasteiger partial charge in [0.05, 0.1) is 11.3 Å². The van der Waals surface area contributed by atoms with Crippen LogP contribution in [-0.4, -0.2) is 40.5 Å². The summed E-state index contributed by atoms with van der Waals surface area (Å²) in [5.74, 6) is 0.551. The van der Waals surface area contributed by atoms with Crippen molar-refractivity contribution in [3.8, 4) is 22.9 Å². The van der Waals surface area contributed by atoms with Crippen molar-refractivity contribution in [2.75, 3.05) is 19.6 Å². The molecule has 6 nitrogen and oxygen atoms in total. The van der Waals surface area contributed by atoms with E-state index >= 15 is 0 Å². The van der Waals surface area contributed by atoms with Gasteiger partial charge in [0.15, 0.2) is 0 Å². The monoisotopic (exact) mass is 456 g/mol. The lowest BCUT2D eigenvalue weighted by molar-refractivity contribution is -0.137. The Morgan fingerprint density at radius 3 is 2.52 bits per heavy atom. The highest BCUT2D eigenvalue weighted by molar-refractivity contribution is 5.76. The Kier molecular flexibility index (Phi) is 6.76. The summed E-state index contributed by atoms with van der Waals surface area (Å²) in [7, 11) is 0. The number of urea groups is 1. The Bertz CT molecular complexity index is 1090. The van der Waals surface area contributed by atoms with E-state index in [4.69, 9.17) is 9.72 Å². The molecule has 0 radical (unpaired) electrons. The molecule has 2 aromatic heterocycles. The summed E-state index contributed by atoms with van der Waals surface area (Å²) in [6, 6.07) is 15.2. The van der Waals surface area contributed by atoms with Gasteiger partial charge in [-0.15, -0.1) is 0 Å². The van der Waals surface area contributed by atoms with E-state index in [-0.39, 0.29) is 11.9 Å². The maximum absolute atomic E-state index is 12.6. The molecule has 2 amide bonds. The van der Waals surface area contributed by atoms with Crippen LogP contribution in [0.4, 0.5) is 18.0 Å². The van der Waals surface area contributed by atoms with Crippen LogP contribution >= 0.6 is 0 Å². The number of halogens is 3. The van der Waals surface area contributed by atoms with Crippen molar-refractivity contribution < 1.29 is 22.7 Å². The smallest absolute Gasteiger partial charge is 0.417 e. The third kappa shape index (κ3) is 6.00. The first-order valence-electron chi connectivity index (χ1n) is 10.7. The van der Waals surface area contributed by atoms with E-state index in [1.165, 1.54) is 6.07 Å². The van der Waals surface area contributed by atoms with E-state index in [0.717, 1.165) is 61.6 Å². The molecule has 0 unspecified atom stereocenters. The third-order valence-corrected chi connectivity index (χ3v) is 5.30. The zero-order chi connectivity index (χ0) is 23.3. The number of aromatic nitrogens is 2. The predicted octanol–water partition coefficient (Wildman–Crippen LogP) is 5.30. The number of carbonyl (C=O) groups is 1. The first kappa shape index (κ1) is 22.6. The number of ether oxygens (including phenoxy) is 1. The Morgan fingerprint density at radius 2 is 1.85 bits per heavy atom. The fraction of sp³-hybridized carbons (Fsp3) is 0.292. The molecule has 1 saturated heterocycles. The van der Waals surface area contributed by atoms with Crippen LogP contribution in [0, 0.1) is 0 Å². The molecule has 1 aliphatic heterocycles. The molecule has 33 heavy (non-hydrogen) atoms. The molecule has 1 aliphatic rings. The average Bonchev–Trinajstić information content (AvgIpc) is 3.22. The summed E-state index contributed by atoms with van der Waals surface area (Å²) in [4.78, 5) is 21.8. The largest absolute Gasteiger partial charge is 0.439 e. The van der Waals surface area contributed by atoms with Gasteiger partial charge in [0.2, 0.25) is 5.88 Å². The van der Waals surface area contributed by atoms with Gasteiger partial charge in [-0.05, 0) is 61.7 Å². The molecule has 0 aliphatic carbocycles. The zero-order valence-electron chi connectivity index (χ0n) is 17.8. The van der Waals surface area contributed by atoms with E-state index in [1.807, 2.05) is 35.2 Å². The molecule has 1 N–H and O–H groups in total. The lowest BCUT2D eigenvalue weighted by Gasteiger charge is -2.13. The number of aryl methyl sites for hydroxylation is 1. The quantitative estimate of drug-likeness (QED) is 0.467. The second-order valence-corrected chi connectivity index (χ2v) is 7.70. The molecule has 1 aromatic carbocycles. The number of hydrogen-bond acceptors (Lipinski definition) is 4. The zero-order valence-corrected chi connectivity index (χ0v) is 17.8. The van der Waals surface area contributed by atoms with Gasteiger partial charge in [-0.25, -0.2) is 9.78 Å². The van der Waals surface area contributed by atoms with E-state index < -0.39 is 11.7 Å². The van der Waals surface area contributed by atoms with Gasteiger partial charge in [-0.3, -0.25) is 4.98 Å². The number of alkyl halides is 3. The van der Waals surface area contributed by atoms with Crippen molar-refractivity contribution in [1.82, 2.24) is 20.2 Å². The van der Waals surface area contributed by atoms with Crippen molar-refractivity contribution >= 4 is 6.03 Å². The standard InChI is InChI=1S/C24H23F3N4O2/c25-24(26,27)18-9-12-22(29-16-18)33-20-10-7-17(8-11-20)21-6-3-5-19(30-21)4-1-2-14-31-15-13-28-23(31)32/h3,5-12,16H,1-2,4,13-15H2,(H,28,32). The number of rotatable bonds is 8. The maximum Gasteiger partial charge on any atom is 0.417 e. The molecule has 9 heteroatoms. The third-order valence-electron chi connectivity index (χ3n) is 5.30. The van der Waals surface area contributed by atoms with Crippen molar-refractivity contribution in [3.63, 3.8) is 0 Å². The molecule has 3 aromatic rings. The molecule has 1 fully saturated rings. The number of pyridine rings is 2. The van der Waals surface area contributed by atoms with Crippen molar-refractivity contribution in [2.45, 2.75) is 25.4 Å². The van der Waals surface area contributed by atoms with E-state index in [2.05, 4.69) is 10.3 Å². The lowest BCUT2D eigenvalue weighted by Crippen LogP contribution is -2.29. The first-order valence-corrected chi connectivity index (χ1v) is 10.7. The number of hydrogen-bond donors (Lipinski definition) is 1. The van der Waals surface area contributed by atoms with Crippen LogP contribution < -0.4 is 10.1 Å². The van der Waals surface area contributed by atoms with Crippen LogP contribution in [0.15, 0.2) is 60.8 Å². The fourth-order valence-corrected chi connectivity index (χ4v) is 3.54. The van der Waals surface area contributed by atoms with Crippen molar-refractivity contribution in [1.29, 1.82) is 0 Å². The van der Waals surface area contributed by atoms with Gasteiger partial charge >= 0.3 is 12.2 Å². The Balaban J connectivity index is 1.32. The highest BCUT2D eigenvalue weighted by atomic mass is 19.4. The number of carbonyl (C=O) groups excluding carboxylic acids is 1. The Labute approximate surface area is 189 Å². The SMILES string of the molecule is O=C1NCCN1CCCCc1cccc(-c2ccc(Oc3ccc(C(F)(F)F)cn3)cc2)n1. The average molecular weight is 456 g/mol. The number of benzene rings is 1. The van der Waals surface area contributed by atoms with Crippen LogP contribution in [0.1, 0.15) is 24.1 Å². The molecule has 172 valence electrons. The van der Waals surface area contributed by atoms with Crippen LogP contribution in [0.3, 0.4) is 0 Å². The van der Waals surface area contributed by atoms with E-state index in [1.54, 1.807) is 12.1 Å². The summed E-state index contributed by atoms with van der Waals surface area (Å²) in [5, 5.41) is 2.80. The minimum atomic E-state index is -4.43. The highest BCUT2D eigenvalue weighted by Crippen LogP contribution is 2.30. The summed E-state index contributed by atoms with van der Waals surface area (Å²) < 4.78 is 43.5. The maximum atomic E-state index is 12.6. The second-order valence-electron chi connectivity index (χ2n) is 7.70. The van der Waals surface area contributed by atoms with E-state index in [0.29, 0.717) is 12.3 Å². The van der Waals surface area contributed by atoms with E-state index in [9.17, 15) is 18.0 Å². The molecule has 3 heterocycles. The molecule has 4 rings (SSSR count). The van der Waals surface area contributed by atoms with Gasteiger partial charge < -0.3 is 15.0 Å². The minimum Gasteiger partial charge on any atom is -0.439 e. The molecular weight excluding hydrogens is 433 g/mol. The van der Waals surface area contributed by atoms with Crippen LogP contribution in [-0.2, 0) is 12.6 Å². The normalized spacial score (nSPS) is 13.8. The van der Waals surface area contributed by atoms with Gasteiger partial charge in [0.25, 0.3) is 0 Å². The van der Waals surface area contributed by atoms with Gasteiger partial charge in [-0.1, -0.05) is 6.07 Å². The highest BCUT2D eigenvalue weighted by Gasteiger charge is 2.30. The Hall–Kier alpha value is -3.62. The topological polar surface area (TPSA) is 67.4 Å². The van der Waals surface area contributed by atoms with Gasteiger partial charge in [-0.2, -0.15) is 13.2 Å². The number of unbranched alkanes of at least 4 members (excludes halogenated alkanes) is 1. The van der Waals surface area contributed by atoms with Crippen LogP contribution in [0.2, 0.25) is 0 Å². The molecule has 0 atom stereocenters. The number of amides is 2. The lowest BCUT2D eigenvalue weighted by atomic mass is 10.1. The van der Waals surface area contributed by atoms with Crippen molar-refractivity contribution in [3.05, 3.63) is 72.1 Å². The summed E-state index contributed by atoms with van der Waals surface area (Å²) in [5.41, 5.74) is 1.88. The minimum absolute atomic E-state index is 0.0108. The number of nitrogens with zero attached hydrogens (tertiary/aromatic N) is 3. The second kappa shape index (κ2) is 9.89. The molecule has 0 spiro atoms. The summed E-state index contributed by atoms with van der Waals surface area (Å²) in [6.07, 6.45) is -1.00. The first-order chi connectivity index (χ1) is 15.9. The molecular formula is C24H23F3N4O2. The predicted molar refractivity (Wildman–Crippen MR) is 117 cm³/mol. The van der Waals surface area contributed by atoms with Gasteiger partial charge in [0, 0.05) is 43.2 Å². The fourth-order valence-electron chi connectivity index (χ4n) is 3.54. The Morgan fingerprint density at radius 1 is 1.03 bits per heavy atom. The summed E-state index contributed by atoms with van der Waals surface area (Å²) in [6.45, 7) is 2.23. The van der Waals surface area contributed by atoms with Gasteiger partial charge in [0.1, 0.15) is 5.75 Å². The molecule has 0 saturated carbocycles. The van der Waals surface area contributed by atoms with Crippen LogP contribution in [0.5, 0.6) is 11.6 Å². The molecule has 0 bridgehead atoms. The van der Waals surface area contributed by atoms with Crippen LogP contribution in [0.25, 0.3) is 11.3 Å².